The molecule has 0 aromatic rings. The molecule has 2 nitrogen and oxygen atoms in total. The van der Waals surface area contributed by atoms with Crippen LogP contribution in [0.4, 0.5) is 0 Å². The predicted molar refractivity (Wildman–Crippen MR) is 61.9 cm³/mol. The van der Waals surface area contributed by atoms with E-state index in [0.717, 1.165) is 19.2 Å². The standard InChI is InChI=1S/C11H21NOS/c1-14-8-6-12-10-3-7-13-11(9-10)4-2-5-11/h10,12H,2-9H2,1H3. The molecule has 1 heterocycles. The molecule has 2 rings (SSSR count). The van der Waals surface area contributed by atoms with Crippen LogP contribution in [0.1, 0.15) is 32.1 Å². The minimum atomic E-state index is 0.301. The van der Waals surface area contributed by atoms with Crippen LogP contribution in [0.2, 0.25) is 0 Å². The number of rotatable bonds is 4. The third-order valence-corrected chi connectivity index (χ3v) is 4.11. The molecule has 0 aromatic carbocycles. The van der Waals surface area contributed by atoms with Crippen LogP contribution >= 0.6 is 11.8 Å². The van der Waals surface area contributed by atoms with Gasteiger partial charge in [0, 0.05) is 24.9 Å². The van der Waals surface area contributed by atoms with Crippen LogP contribution in [-0.4, -0.2) is 36.8 Å². The van der Waals surface area contributed by atoms with Crippen LogP contribution in [0.25, 0.3) is 0 Å². The minimum absolute atomic E-state index is 0.301. The Kier molecular flexibility index (Phi) is 3.74. The smallest absolute Gasteiger partial charge is 0.0697 e. The summed E-state index contributed by atoms with van der Waals surface area (Å²) in [6.07, 6.45) is 8.59. The highest BCUT2D eigenvalue weighted by molar-refractivity contribution is 7.98. The molecule has 2 fully saturated rings. The van der Waals surface area contributed by atoms with Crippen LogP contribution < -0.4 is 5.32 Å². The lowest BCUT2D eigenvalue weighted by molar-refractivity contribution is -0.135. The molecule has 1 aliphatic heterocycles. The number of thioether (sulfide) groups is 1. The Balaban J connectivity index is 1.71. The molecule has 1 spiro atoms. The van der Waals surface area contributed by atoms with Gasteiger partial charge < -0.3 is 10.1 Å². The summed E-state index contributed by atoms with van der Waals surface area (Å²) < 4.78 is 5.89. The Hall–Kier alpha value is 0.270. The highest BCUT2D eigenvalue weighted by atomic mass is 32.2. The van der Waals surface area contributed by atoms with Gasteiger partial charge in [-0.25, -0.2) is 0 Å². The molecule has 1 saturated carbocycles. The molecule has 1 aliphatic carbocycles. The summed E-state index contributed by atoms with van der Waals surface area (Å²) in [5, 5.41) is 3.65. The molecule has 82 valence electrons. The van der Waals surface area contributed by atoms with Gasteiger partial charge in [-0.1, -0.05) is 0 Å². The normalized spacial score (nSPS) is 30.2. The van der Waals surface area contributed by atoms with Gasteiger partial charge >= 0.3 is 0 Å². The lowest BCUT2D eigenvalue weighted by atomic mass is 9.74. The highest BCUT2D eigenvalue weighted by Gasteiger charge is 2.42. The second-order valence-corrected chi connectivity index (χ2v) is 5.51. The Labute approximate surface area is 91.2 Å². The number of nitrogens with one attached hydrogen (secondary N) is 1. The van der Waals surface area contributed by atoms with Crippen LogP contribution in [0.3, 0.4) is 0 Å². The lowest BCUT2D eigenvalue weighted by Gasteiger charge is -2.47. The maximum absolute atomic E-state index is 5.89. The third kappa shape index (κ3) is 2.44. The van der Waals surface area contributed by atoms with Crippen LogP contribution in [0.5, 0.6) is 0 Å². The van der Waals surface area contributed by atoms with Crippen molar-refractivity contribution in [1.29, 1.82) is 0 Å². The molecule has 0 radical (unpaired) electrons. The Morgan fingerprint density at radius 3 is 3.00 bits per heavy atom. The summed E-state index contributed by atoms with van der Waals surface area (Å²) in [5.74, 6) is 1.23. The van der Waals surface area contributed by atoms with E-state index in [1.54, 1.807) is 0 Å². The van der Waals surface area contributed by atoms with E-state index in [-0.39, 0.29) is 0 Å². The van der Waals surface area contributed by atoms with Crippen molar-refractivity contribution >= 4 is 11.8 Å². The summed E-state index contributed by atoms with van der Waals surface area (Å²) in [7, 11) is 0. The van der Waals surface area contributed by atoms with E-state index in [9.17, 15) is 0 Å². The lowest BCUT2D eigenvalue weighted by Crippen LogP contribution is -2.51. The van der Waals surface area contributed by atoms with E-state index >= 15 is 0 Å². The fraction of sp³-hybridized carbons (Fsp3) is 1.00. The van der Waals surface area contributed by atoms with Gasteiger partial charge in [-0.15, -0.1) is 0 Å². The molecule has 2 aliphatic rings. The molecule has 1 N–H and O–H groups in total. The topological polar surface area (TPSA) is 21.3 Å². The van der Waals surface area contributed by atoms with Crippen LogP contribution in [-0.2, 0) is 4.74 Å². The number of hydrogen-bond donors (Lipinski definition) is 1. The molecule has 1 saturated heterocycles. The van der Waals surface area contributed by atoms with Crippen molar-refractivity contribution in [2.75, 3.05) is 25.2 Å². The van der Waals surface area contributed by atoms with E-state index in [1.165, 1.54) is 37.9 Å². The first-order valence-electron chi connectivity index (χ1n) is 5.71. The summed E-state index contributed by atoms with van der Waals surface area (Å²) in [6, 6.07) is 0.719. The molecule has 0 bridgehead atoms. The quantitative estimate of drug-likeness (QED) is 0.725. The Morgan fingerprint density at radius 2 is 2.36 bits per heavy atom. The summed E-state index contributed by atoms with van der Waals surface area (Å²) >= 11 is 1.92. The van der Waals surface area contributed by atoms with E-state index in [1.807, 2.05) is 11.8 Å². The van der Waals surface area contributed by atoms with Crippen molar-refractivity contribution in [2.45, 2.75) is 43.7 Å². The van der Waals surface area contributed by atoms with E-state index in [0.29, 0.717) is 5.60 Å². The van der Waals surface area contributed by atoms with E-state index in [2.05, 4.69) is 11.6 Å². The van der Waals surface area contributed by atoms with Crippen LogP contribution in [0.15, 0.2) is 0 Å². The molecular weight excluding hydrogens is 194 g/mol. The van der Waals surface area contributed by atoms with Crippen molar-refractivity contribution in [1.82, 2.24) is 5.32 Å². The second kappa shape index (κ2) is 4.86. The fourth-order valence-corrected chi connectivity index (χ4v) is 2.81. The minimum Gasteiger partial charge on any atom is -0.375 e. The van der Waals surface area contributed by atoms with Gasteiger partial charge in [0.2, 0.25) is 0 Å². The van der Waals surface area contributed by atoms with Crippen molar-refractivity contribution in [3.8, 4) is 0 Å². The first-order valence-corrected chi connectivity index (χ1v) is 7.10. The van der Waals surface area contributed by atoms with Gasteiger partial charge in [-0.3, -0.25) is 0 Å². The molecule has 0 aromatic heterocycles. The zero-order valence-electron chi connectivity index (χ0n) is 9.05. The van der Waals surface area contributed by atoms with Gasteiger partial charge in [0.25, 0.3) is 0 Å². The first kappa shape index (κ1) is 10.8. The van der Waals surface area contributed by atoms with Gasteiger partial charge in [0.15, 0.2) is 0 Å². The first-order chi connectivity index (χ1) is 6.85. The van der Waals surface area contributed by atoms with Gasteiger partial charge in [0.05, 0.1) is 5.60 Å². The zero-order valence-corrected chi connectivity index (χ0v) is 9.87. The predicted octanol–water partition coefficient (Wildman–Crippen LogP) is 2.04. The van der Waals surface area contributed by atoms with Gasteiger partial charge in [-0.05, 0) is 38.4 Å². The zero-order chi connectivity index (χ0) is 9.86. The summed E-state index contributed by atoms with van der Waals surface area (Å²) in [5.41, 5.74) is 0.301. The monoisotopic (exact) mass is 215 g/mol. The fourth-order valence-electron chi connectivity index (χ4n) is 2.49. The number of ether oxygens (including phenoxy) is 1. The molecule has 0 amide bonds. The average molecular weight is 215 g/mol. The van der Waals surface area contributed by atoms with Crippen molar-refractivity contribution in [3.63, 3.8) is 0 Å². The van der Waals surface area contributed by atoms with E-state index in [4.69, 9.17) is 4.74 Å². The second-order valence-electron chi connectivity index (χ2n) is 4.52. The molecule has 1 atom stereocenters. The van der Waals surface area contributed by atoms with E-state index < -0.39 is 0 Å². The van der Waals surface area contributed by atoms with Crippen molar-refractivity contribution in [2.24, 2.45) is 0 Å². The maximum atomic E-state index is 5.89. The van der Waals surface area contributed by atoms with Gasteiger partial charge in [0.1, 0.15) is 0 Å². The summed E-state index contributed by atoms with van der Waals surface area (Å²) in [4.78, 5) is 0. The largest absolute Gasteiger partial charge is 0.375 e. The highest BCUT2D eigenvalue weighted by Crippen LogP contribution is 2.42. The Bertz CT molecular complexity index is 182. The maximum Gasteiger partial charge on any atom is 0.0697 e. The number of hydrogen-bond acceptors (Lipinski definition) is 3. The van der Waals surface area contributed by atoms with Crippen molar-refractivity contribution < 1.29 is 4.74 Å². The molecule has 3 heteroatoms. The molecule has 14 heavy (non-hydrogen) atoms. The molecule has 1 unspecified atom stereocenters. The Morgan fingerprint density at radius 1 is 1.50 bits per heavy atom. The van der Waals surface area contributed by atoms with Crippen molar-refractivity contribution in [3.05, 3.63) is 0 Å². The summed E-state index contributed by atoms with van der Waals surface area (Å²) in [6.45, 7) is 2.12. The SMILES string of the molecule is CSCCNC1CCOC2(CCC2)C1. The third-order valence-electron chi connectivity index (χ3n) is 3.50. The van der Waals surface area contributed by atoms with Crippen LogP contribution in [0, 0.1) is 0 Å². The van der Waals surface area contributed by atoms with Gasteiger partial charge in [-0.2, -0.15) is 11.8 Å². The molecular formula is C11H21NOS. The average Bonchev–Trinajstić information content (AvgIpc) is 2.17.